The first-order valence-corrected chi connectivity index (χ1v) is 7.59. The number of fused-ring (bicyclic) bond motifs is 1. The van der Waals surface area contributed by atoms with Crippen molar-refractivity contribution in [2.45, 2.75) is 6.92 Å². The summed E-state index contributed by atoms with van der Waals surface area (Å²) >= 11 is 0. The first-order valence-electron chi connectivity index (χ1n) is 7.59. The number of imide groups is 1. The van der Waals surface area contributed by atoms with Gasteiger partial charge in [0.15, 0.2) is 5.82 Å². The molecule has 4 rings (SSSR count). The number of hydrogen-bond acceptors (Lipinski definition) is 5. The molecule has 0 fully saturated rings. The number of benzene rings is 1. The number of anilines is 1. The maximum atomic E-state index is 14.6. The van der Waals surface area contributed by atoms with Crippen molar-refractivity contribution in [3.05, 3.63) is 69.5 Å². The van der Waals surface area contributed by atoms with Crippen molar-refractivity contribution < 1.29 is 14.0 Å². The third kappa shape index (κ3) is 2.21. The molecule has 1 aliphatic heterocycles. The number of pyridine rings is 1. The monoisotopic (exact) mass is 353 g/mol. The zero-order valence-electron chi connectivity index (χ0n) is 13.5. The standard InChI is InChI=1S/C17H12FN5O3/c1-8-6-20-22(7-8)12-3-2-9(4-11(12)18)23-13(24)5-10-14(15(23)19)17(26)21-16(10)25/h2-7H,19H2,1H3,(H,21,25,26). The first kappa shape index (κ1) is 15.8. The Labute approximate surface area is 145 Å². The highest BCUT2D eigenvalue weighted by atomic mass is 19.1. The highest BCUT2D eigenvalue weighted by molar-refractivity contribution is 6.23. The lowest BCUT2D eigenvalue weighted by molar-refractivity contribution is 0.0880. The summed E-state index contributed by atoms with van der Waals surface area (Å²) < 4.78 is 16.9. The zero-order valence-corrected chi connectivity index (χ0v) is 13.5. The van der Waals surface area contributed by atoms with E-state index in [2.05, 4.69) is 10.4 Å². The van der Waals surface area contributed by atoms with Crippen LogP contribution in [0.5, 0.6) is 0 Å². The molecule has 1 aliphatic rings. The van der Waals surface area contributed by atoms with E-state index in [1.807, 2.05) is 6.92 Å². The summed E-state index contributed by atoms with van der Waals surface area (Å²) in [4.78, 5) is 35.9. The zero-order chi connectivity index (χ0) is 18.6. The van der Waals surface area contributed by atoms with Crippen LogP contribution in [-0.2, 0) is 0 Å². The van der Waals surface area contributed by atoms with Crippen LogP contribution in [0.15, 0.2) is 41.5 Å². The van der Waals surface area contributed by atoms with E-state index in [-0.39, 0.29) is 28.3 Å². The molecule has 9 heteroatoms. The maximum Gasteiger partial charge on any atom is 0.262 e. The van der Waals surface area contributed by atoms with Crippen molar-refractivity contribution in [3.8, 4) is 11.4 Å². The average Bonchev–Trinajstić information content (AvgIpc) is 3.11. The lowest BCUT2D eigenvalue weighted by Gasteiger charge is -2.13. The molecule has 8 nitrogen and oxygen atoms in total. The fourth-order valence-corrected chi connectivity index (χ4v) is 2.91. The number of hydrogen-bond donors (Lipinski definition) is 2. The Morgan fingerprint density at radius 1 is 1.15 bits per heavy atom. The van der Waals surface area contributed by atoms with Gasteiger partial charge in [-0.15, -0.1) is 0 Å². The van der Waals surface area contributed by atoms with Crippen molar-refractivity contribution in [1.82, 2.24) is 19.7 Å². The Morgan fingerprint density at radius 3 is 2.58 bits per heavy atom. The van der Waals surface area contributed by atoms with Crippen molar-refractivity contribution in [2.75, 3.05) is 5.73 Å². The van der Waals surface area contributed by atoms with Gasteiger partial charge in [-0.1, -0.05) is 0 Å². The Bertz CT molecular complexity index is 1160. The van der Waals surface area contributed by atoms with Gasteiger partial charge in [-0.3, -0.25) is 24.3 Å². The van der Waals surface area contributed by atoms with Crippen LogP contribution in [0, 0.1) is 12.7 Å². The minimum absolute atomic E-state index is 0.0853. The molecule has 26 heavy (non-hydrogen) atoms. The second kappa shape index (κ2) is 5.38. The average molecular weight is 353 g/mol. The van der Waals surface area contributed by atoms with Crippen molar-refractivity contribution in [1.29, 1.82) is 0 Å². The van der Waals surface area contributed by atoms with Crippen LogP contribution < -0.4 is 16.6 Å². The Balaban J connectivity index is 1.88. The van der Waals surface area contributed by atoms with Gasteiger partial charge in [0.25, 0.3) is 17.4 Å². The number of aryl methyl sites for hydroxylation is 1. The number of amides is 2. The summed E-state index contributed by atoms with van der Waals surface area (Å²) in [6, 6.07) is 5.05. The number of nitrogen functional groups attached to an aromatic ring is 1. The number of carbonyl (C=O) groups is 2. The maximum absolute atomic E-state index is 14.6. The van der Waals surface area contributed by atoms with Crippen LogP contribution >= 0.6 is 0 Å². The van der Waals surface area contributed by atoms with E-state index in [0.717, 1.165) is 22.3 Å². The van der Waals surface area contributed by atoms with E-state index in [0.29, 0.717) is 0 Å². The molecule has 3 N–H and O–H groups in total. The van der Waals surface area contributed by atoms with Gasteiger partial charge >= 0.3 is 0 Å². The topological polar surface area (TPSA) is 112 Å². The van der Waals surface area contributed by atoms with Gasteiger partial charge in [-0.2, -0.15) is 5.10 Å². The van der Waals surface area contributed by atoms with Gasteiger partial charge in [0, 0.05) is 18.3 Å². The highest BCUT2D eigenvalue weighted by Gasteiger charge is 2.31. The molecular weight excluding hydrogens is 341 g/mol. The van der Waals surface area contributed by atoms with Gasteiger partial charge in [-0.25, -0.2) is 9.07 Å². The molecule has 0 unspecified atom stereocenters. The molecule has 3 aromatic rings. The van der Waals surface area contributed by atoms with Gasteiger partial charge in [0.1, 0.15) is 11.5 Å². The van der Waals surface area contributed by atoms with E-state index in [1.165, 1.54) is 16.8 Å². The van der Waals surface area contributed by atoms with Crippen LogP contribution in [0.1, 0.15) is 26.3 Å². The second-order valence-corrected chi connectivity index (χ2v) is 5.87. The molecule has 0 bridgehead atoms. The number of nitrogens with one attached hydrogen (secondary N) is 1. The molecule has 0 spiro atoms. The number of nitrogens with two attached hydrogens (primary N) is 1. The van der Waals surface area contributed by atoms with Crippen LogP contribution in [-0.4, -0.2) is 26.2 Å². The van der Waals surface area contributed by atoms with E-state index < -0.39 is 23.2 Å². The molecule has 3 heterocycles. The molecule has 0 aliphatic carbocycles. The molecule has 0 radical (unpaired) electrons. The van der Waals surface area contributed by atoms with Crippen LogP contribution in [0.2, 0.25) is 0 Å². The molecule has 1 aromatic carbocycles. The number of aromatic nitrogens is 3. The van der Waals surface area contributed by atoms with E-state index >= 15 is 0 Å². The Kier molecular flexibility index (Phi) is 3.26. The first-order chi connectivity index (χ1) is 12.4. The normalized spacial score (nSPS) is 13.0. The smallest absolute Gasteiger partial charge is 0.262 e. The SMILES string of the molecule is Cc1cnn(-c2ccc(-n3c(N)c4c(cc3=O)C(=O)NC4=O)cc2F)c1. The predicted octanol–water partition coefficient (Wildman–Crippen LogP) is 0.937. The summed E-state index contributed by atoms with van der Waals surface area (Å²) in [6.07, 6.45) is 3.25. The van der Waals surface area contributed by atoms with E-state index in [9.17, 15) is 18.8 Å². The van der Waals surface area contributed by atoms with Crippen LogP contribution in [0.4, 0.5) is 10.2 Å². The van der Waals surface area contributed by atoms with Crippen molar-refractivity contribution in [3.63, 3.8) is 0 Å². The van der Waals surface area contributed by atoms with Gasteiger partial charge in [0.2, 0.25) is 0 Å². The molecule has 130 valence electrons. The molecule has 0 atom stereocenters. The number of carbonyl (C=O) groups excluding carboxylic acids is 2. The summed E-state index contributed by atoms with van der Waals surface area (Å²) in [5.74, 6) is -2.23. The molecule has 2 aromatic heterocycles. The summed E-state index contributed by atoms with van der Waals surface area (Å²) in [5.41, 5.74) is 6.30. The second-order valence-electron chi connectivity index (χ2n) is 5.87. The Hall–Kier alpha value is -3.75. The van der Waals surface area contributed by atoms with Gasteiger partial charge in [0.05, 0.1) is 23.0 Å². The van der Waals surface area contributed by atoms with Gasteiger partial charge in [-0.05, 0) is 24.6 Å². The minimum Gasteiger partial charge on any atom is -0.384 e. The number of rotatable bonds is 2. The molecule has 0 saturated carbocycles. The summed E-state index contributed by atoms with van der Waals surface area (Å²) in [7, 11) is 0. The third-order valence-electron chi connectivity index (χ3n) is 4.10. The lowest BCUT2D eigenvalue weighted by atomic mass is 10.1. The third-order valence-corrected chi connectivity index (χ3v) is 4.10. The van der Waals surface area contributed by atoms with Crippen molar-refractivity contribution in [2.24, 2.45) is 0 Å². The fraction of sp³-hybridized carbons (Fsp3) is 0.0588. The molecule has 2 amide bonds. The van der Waals surface area contributed by atoms with Crippen molar-refractivity contribution >= 4 is 17.6 Å². The Morgan fingerprint density at radius 2 is 1.92 bits per heavy atom. The summed E-state index contributed by atoms with van der Waals surface area (Å²) in [6.45, 7) is 1.83. The van der Waals surface area contributed by atoms with Crippen LogP contribution in [0.25, 0.3) is 11.4 Å². The minimum atomic E-state index is -0.694. The quantitative estimate of drug-likeness (QED) is 0.666. The molecule has 0 saturated heterocycles. The lowest BCUT2D eigenvalue weighted by Crippen LogP contribution is -2.24. The van der Waals surface area contributed by atoms with Crippen LogP contribution in [0.3, 0.4) is 0 Å². The number of halogens is 1. The predicted molar refractivity (Wildman–Crippen MR) is 90.1 cm³/mol. The molecular formula is C17H12FN5O3. The summed E-state index contributed by atoms with van der Waals surface area (Å²) in [5, 5.41) is 6.12. The largest absolute Gasteiger partial charge is 0.384 e. The van der Waals surface area contributed by atoms with Gasteiger partial charge < -0.3 is 5.73 Å². The number of nitrogens with zero attached hydrogens (tertiary/aromatic N) is 3. The van der Waals surface area contributed by atoms with E-state index in [4.69, 9.17) is 5.73 Å². The van der Waals surface area contributed by atoms with E-state index in [1.54, 1.807) is 12.4 Å². The fourth-order valence-electron chi connectivity index (χ4n) is 2.91. The highest BCUT2D eigenvalue weighted by Crippen LogP contribution is 2.24.